The molecule has 1 saturated heterocycles. The summed E-state index contributed by atoms with van der Waals surface area (Å²) in [5, 5.41) is 2.37. The Labute approximate surface area is 159 Å². The molecule has 0 aliphatic carbocycles. The van der Waals surface area contributed by atoms with Crippen LogP contribution in [-0.4, -0.2) is 43.8 Å². The number of fused-ring (bicyclic) bond motifs is 1. The van der Waals surface area contributed by atoms with Crippen molar-refractivity contribution in [2.75, 3.05) is 33.9 Å². The van der Waals surface area contributed by atoms with Crippen molar-refractivity contribution in [1.29, 1.82) is 0 Å². The van der Waals surface area contributed by atoms with Crippen LogP contribution in [0.1, 0.15) is 17.4 Å². The SMILES string of the molecule is COc1ccnc(CN2CCO[C@H](c3ccc4cc(OC)ccc4c3)C2)c1. The van der Waals surface area contributed by atoms with E-state index in [-0.39, 0.29) is 6.10 Å². The van der Waals surface area contributed by atoms with E-state index in [9.17, 15) is 0 Å². The zero-order chi connectivity index (χ0) is 18.6. The largest absolute Gasteiger partial charge is 0.497 e. The third-order valence-electron chi connectivity index (χ3n) is 5.00. The number of hydrogen-bond acceptors (Lipinski definition) is 5. The molecule has 5 nitrogen and oxygen atoms in total. The maximum Gasteiger partial charge on any atom is 0.122 e. The summed E-state index contributed by atoms with van der Waals surface area (Å²) in [7, 11) is 3.37. The number of hydrogen-bond donors (Lipinski definition) is 0. The van der Waals surface area contributed by atoms with Crippen LogP contribution in [0.3, 0.4) is 0 Å². The first-order valence-corrected chi connectivity index (χ1v) is 9.16. The van der Waals surface area contributed by atoms with E-state index in [1.165, 1.54) is 16.3 Å². The van der Waals surface area contributed by atoms with Gasteiger partial charge in [-0.05, 0) is 40.6 Å². The molecule has 1 aromatic heterocycles. The Kier molecular flexibility index (Phi) is 5.23. The molecule has 2 aromatic carbocycles. The first-order chi connectivity index (χ1) is 13.2. The molecule has 0 saturated carbocycles. The predicted octanol–water partition coefficient (Wildman–Crippen LogP) is 3.83. The zero-order valence-electron chi connectivity index (χ0n) is 15.7. The molecule has 0 amide bonds. The predicted molar refractivity (Wildman–Crippen MR) is 105 cm³/mol. The van der Waals surface area contributed by atoms with E-state index in [1.807, 2.05) is 18.2 Å². The van der Waals surface area contributed by atoms with Crippen LogP contribution in [0.15, 0.2) is 54.7 Å². The van der Waals surface area contributed by atoms with Crippen LogP contribution in [0.2, 0.25) is 0 Å². The molecule has 27 heavy (non-hydrogen) atoms. The Morgan fingerprint density at radius 1 is 1.00 bits per heavy atom. The highest BCUT2D eigenvalue weighted by molar-refractivity contribution is 5.84. The molecule has 0 N–H and O–H groups in total. The first-order valence-electron chi connectivity index (χ1n) is 9.16. The Balaban J connectivity index is 1.49. The van der Waals surface area contributed by atoms with Crippen molar-refractivity contribution in [2.24, 2.45) is 0 Å². The van der Waals surface area contributed by atoms with Crippen LogP contribution >= 0.6 is 0 Å². The van der Waals surface area contributed by atoms with Crippen LogP contribution in [0.25, 0.3) is 10.8 Å². The maximum absolute atomic E-state index is 6.06. The van der Waals surface area contributed by atoms with E-state index in [4.69, 9.17) is 14.2 Å². The first kappa shape index (κ1) is 17.8. The van der Waals surface area contributed by atoms with Gasteiger partial charge in [0.25, 0.3) is 0 Å². The number of nitrogens with zero attached hydrogens (tertiary/aromatic N) is 2. The Morgan fingerprint density at radius 2 is 1.78 bits per heavy atom. The average molecular weight is 364 g/mol. The van der Waals surface area contributed by atoms with E-state index in [2.05, 4.69) is 40.2 Å². The summed E-state index contributed by atoms with van der Waals surface area (Å²) in [5.74, 6) is 1.72. The number of benzene rings is 2. The highest BCUT2D eigenvalue weighted by Gasteiger charge is 2.22. The lowest BCUT2D eigenvalue weighted by Gasteiger charge is -2.33. The number of aromatic nitrogens is 1. The van der Waals surface area contributed by atoms with Gasteiger partial charge in [0.2, 0.25) is 0 Å². The highest BCUT2D eigenvalue weighted by atomic mass is 16.5. The summed E-state index contributed by atoms with van der Waals surface area (Å²) in [5.41, 5.74) is 2.22. The van der Waals surface area contributed by atoms with Gasteiger partial charge in [-0.25, -0.2) is 0 Å². The van der Waals surface area contributed by atoms with Gasteiger partial charge in [0.15, 0.2) is 0 Å². The van der Waals surface area contributed by atoms with E-state index < -0.39 is 0 Å². The lowest BCUT2D eigenvalue weighted by Crippen LogP contribution is -2.38. The van der Waals surface area contributed by atoms with Gasteiger partial charge in [0, 0.05) is 31.9 Å². The summed E-state index contributed by atoms with van der Waals surface area (Å²) in [6, 6.07) is 16.5. The van der Waals surface area contributed by atoms with Gasteiger partial charge in [0.05, 0.1) is 32.6 Å². The summed E-state index contributed by atoms with van der Waals surface area (Å²) in [6.45, 7) is 3.26. The Bertz CT molecular complexity index is 928. The van der Waals surface area contributed by atoms with Crippen molar-refractivity contribution in [3.63, 3.8) is 0 Å². The molecule has 0 radical (unpaired) electrons. The Morgan fingerprint density at radius 3 is 2.63 bits per heavy atom. The van der Waals surface area contributed by atoms with Crippen molar-refractivity contribution < 1.29 is 14.2 Å². The number of pyridine rings is 1. The Hall–Kier alpha value is -2.63. The molecule has 0 spiro atoms. The molecule has 1 atom stereocenters. The highest BCUT2D eigenvalue weighted by Crippen LogP contribution is 2.28. The van der Waals surface area contributed by atoms with Crippen LogP contribution < -0.4 is 9.47 Å². The molecule has 140 valence electrons. The van der Waals surface area contributed by atoms with Gasteiger partial charge in [-0.2, -0.15) is 0 Å². The maximum atomic E-state index is 6.06. The fourth-order valence-electron chi connectivity index (χ4n) is 3.52. The van der Waals surface area contributed by atoms with Gasteiger partial charge < -0.3 is 14.2 Å². The van der Waals surface area contributed by atoms with Gasteiger partial charge in [-0.3, -0.25) is 9.88 Å². The van der Waals surface area contributed by atoms with Gasteiger partial charge >= 0.3 is 0 Å². The molecular weight excluding hydrogens is 340 g/mol. The quantitative estimate of drug-likeness (QED) is 0.688. The van der Waals surface area contributed by atoms with Crippen molar-refractivity contribution >= 4 is 10.8 Å². The molecule has 5 heteroatoms. The molecule has 1 aliphatic rings. The second kappa shape index (κ2) is 7.94. The third-order valence-corrected chi connectivity index (χ3v) is 5.00. The normalized spacial score (nSPS) is 17.8. The summed E-state index contributed by atoms with van der Waals surface area (Å²) >= 11 is 0. The van der Waals surface area contributed by atoms with Crippen molar-refractivity contribution in [3.05, 3.63) is 66.0 Å². The molecule has 1 fully saturated rings. The van der Waals surface area contributed by atoms with Crippen LogP contribution in [-0.2, 0) is 11.3 Å². The smallest absolute Gasteiger partial charge is 0.122 e. The minimum absolute atomic E-state index is 0.0656. The molecule has 2 heterocycles. The number of ether oxygens (including phenoxy) is 3. The summed E-state index contributed by atoms with van der Waals surface area (Å²) in [6.07, 6.45) is 1.86. The van der Waals surface area contributed by atoms with E-state index in [0.717, 1.165) is 43.4 Å². The number of morpholine rings is 1. The molecule has 4 rings (SSSR count). The van der Waals surface area contributed by atoms with E-state index >= 15 is 0 Å². The van der Waals surface area contributed by atoms with Crippen molar-refractivity contribution in [2.45, 2.75) is 12.6 Å². The lowest BCUT2D eigenvalue weighted by atomic mass is 10.0. The third kappa shape index (κ3) is 4.04. The molecular formula is C22H24N2O3. The number of rotatable bonds is 5. The number of methoxy groups -OCH3 is 2. The minimum atomic E-state index is 0.0656. The zero-order valence-corrected chi connectivity index (χ0v) is 15.7. The fraction of sp³-hybridized carbons (Fsp3) is 0.318. The topological polar surface area (TPSA) is 43.8 Å². The summed E-state index contributed by atoms with van der Waals surface area (Å²) in [4.78, 5) is 6.85. The van der Waals surface area contributed by atoms with Gasteiger partial charge in [0.1, 0.15) is 11.5 Å². The van der Waals surface area contributed by atoms with Gasteiger partial charge in [-0.1, -0.05) is 18.2 Å². The molecule has 0 bridgehead atoms. The van der Waals surface area contributed by atoms with Crippen molar-refractivity contribution in [3.8, 4) is 11.5 Å². The standard InChI is InChI=1S/C22H24N2O3/c1-25-20-6-5-16-11-18(4-3-17(16)12-20)22-15-24(9-10-27-22)14-19-13-21(26-2)7-8-23-19/h3-8,11-13,22H,9-10,14-15H2,1-2H3/t22-/m0/s1. The average Bonchev–Trinajstić information content (AvgIpc) is 2.73. The molecule has 3 aromatic rings. The van der Waals surface area contributed by atoms with Crippen molar-refractivity contribution in [1.82, 2.24) is 9.88 Å². The van der Waals surface area contributed by atoms with E-state index in [1.54, 1.807) is 20.4 Å². The second-order valence-corrected chi connectivity index (χ2v) is 6.75. The summed E-state index contributed by atoms with van der Waals surface area (Å²) < 4.78 is 16.7. The van der Waals surface area contributed by atoms with E-state index in [0.29, 0.717) is 0 Å². The van der Waals surface area contributed by atoms with Crippen LogP contribution in [0.4, 0.5) is 0 Å². The lowest BCUT2D eigenvalue weighted by molar-refractivity contribution is -0.0332. The monoisotopic (exact) mass is 364 g/mol. The molecule has 1 aliphatic heterocycles. The fourth-order valence-corrected chi connectivity index (χ4v) is 3.52. The van der Waals surface area contributed by atoms with Crippen LogP contribution in [0, 0.1) is 0 Å². The van der Waals surface area contributed by atoms with Crippen LogP contribution in [0.5, 0.6) is 11.5 Å². The second-order valence-electron chi connectivity index (χ2n) is 6.75. The minimum Gasteiger partial charge on any atom is -0.497 e. The molecule has 0 unspecified atom stereocenters. The van der Waals surface area contributed by atoms with Gasteiger partial charge in [-0.15, -0.1) is 0 Å².